The second-order valence-electron chi connectivity index (χ2n) is 4.19. The minimum absolute atomic E-state index is 0.568. The minimum Gasteiger partial charge on any atom is -0.380 e. The van der Waals surface area contributed by atoms with Crippen molar-refractivity contribution in [3.63, 3.8) is 0 Å². The van der Waals surface area contributed by atoms with Crippen LogP contribution in [0.15, 0.2) is 24.3 Å². The number of methoxy groups -OCH3 is 1. The molecule has 0 aliphatic rings. The predicted molar refractivity (Wildman–Crippen MR) is 76.5 cm³/mol. The van der Waals surface area contributed by atoms with E-state index in [-0.39, 0.29) is 0 Å². The Hall–Kier alpha value is -0.510. The van der Waals surface area contributed by atoms with E-state index < -0.39 is 0 Å². The first-order chi connectivity index (χ1) is 8.26. The quantitative estimate of drug-likeness (QED) is 0.769. The van der Waals surface area contributed by atoms with Crippen LogP contribution in [0.5, 0.6) is 0 Å². The third-order valence-electron chi connectivity index (χ3n) is 2.56. The SMILES string of the molecule is CCSCC(C)NCc1ccc(COC)cc1. The molecule has 0 fully saturated rings. The van der Waals surface area contributed by atoms with Gasteiger partial charge in [-0.3, -0.25) is 0 Å². The van der Waals surface area contributed by atoms with E-state index in [9.17, 15) is 0 Å². The van der Waals surface area contributed by atoms with E-state index in [1.807, 2.05) is 11.8 Å². The summed E-state index contributed by atoms with van der Waals surface area (Å²) in [4.78, 5) is 0. The molecular formula is C14H23NOS. The van der Waals surface area contributed by atoms with Gasteiger partial charge in [0.15, 0.2) is 0 Å². The highest BCUT2D eigenvalue weighted by Crippen LogP contribution is 2.06. The highest BCUT2D eigenvalue weighted by atomic mass is 32.2. The molecule has 1 atom stereocenters. The number of ether oxygens (including phenoxy) is 1. The lowest BCUT2D eigenvalue weighted by Crippen LogP contribution is -2.27. The van der Waals surface area contributed by atoms with Crippen molar-refractivity contribution >= 4 is 11.8 Å². The number of benzene rings is 1. The Morgan fingerprint density at radius 1 is 1.24 bits per heavy atom. The predicted octanol–water partition coefficient (Wildman–Crippen LogP) is 3.06. The van der Waals surface area contributed by atoms with E-state index >= 15 is 0 Å². The van der Waals surface area contributed by atoms with Crippen molar-refractivity contribution in [2.24, 2.45) is 0 Å². The molecule has 0 bridgehead atoms. The van der Waals surface area contributed by atoms with Gasteiger partial charge in [0.2, 0.25) is 0 Å². The van der Waals surface area contributed by atoms with Gasteiger partial charge in [-0.25, -0.2) is 0 Å². The molecule has 0 radical (unpaired) electrons. The Balaban J connectivity index is 2.31. The maximum Gasteiger partial charge on any atom is 0.0713 e. The first kappa shape index (κ1) is 14.6. The second kappa shape index (κ2) is 8.56. The third kappa shape index (κ3) is 6.10. The van der Waals surface area contributed by atoms with Crippen LogP contribution in [-0.2, 0) is 17.9 Å². The molecule has 0 heterocycles. The van der Waals surface area contributed by atoms with Crippen LogP contribution in [0.4, 0.5) is 0 Å². The summed E-state index contributed by atoms with van der Waals surface area (Å²) in [7, 11) is 1.72. The fraction of sp³-hybridized carbons (Fsp3) is 0.571. The molecule has 2 nitrogen and oxygen atoms in total. The molecule has 0 aliphatic carbocycles. The van der Waals surface area contributed by atoms with Crippen LogP contribution in [0.1, 0.15) is 25.0 Å². The normalized spacial score (nSPS) is 12.6. The van der Waals surface area contributed by atoms with Gasteiger partial charge in [-0.1, -0.05) is 31.2 Å². The molecule has 0 spiro atoms. The van der Waals surface area contributed by atoms with Crippen LogP contribution in [0.2, 0.25) is 0 Å². The Morgan fingerprint density at radius 3 is 2.47 bits per heavy atom. The van der Waals surface area contributed by atoms with Crippen molar-refractivity contribution in [3.05, 3.63) is 35.4 Å². The number of nitrogens with one attached hydrogen (secondary N) is 1. The molecule has 0 aromatic heterocycles. The number of hydrogen-bond acceptors (Lipinski definition) is 3. The molecule has 0 aliphatic heterocycles. The zero-order chi connectivity index (χ0) is 12.5. The van der Waals surface area contributed by atoms with Crippen molar-refractivity contribution in [3.8, 4) is 0 Å². The first-order valence-electron chi connectivity index (χ1n) is 6.14. The lowest BCUT2D eigenvalue weighted by Gasteiger charge is -2.13. The maximum atomic E-state index is 5.09. The molecule has 96 valence electrons. The smallest absolute Gasteiger partial charge is 0.0713 e. The highest BCUT2D eigenvalue weighted by molar-refractivity contribution is 7.99. The molecule has 1 rings (SSSR count). The fourth-order valence-electron chi connectivity index (χ4n) is 1.57. The monoisotopic (exact) mass is 253 g/mol. The Labute approximate surface area is 109 Å². The fourth-order valence-corrected chi connectivity index (χ4v) is 2.27. The van der Waals surface area contributed by atoms with E-state index in [4.69, 9.17) is 4.74 Å². The molecule has 0 saturated heterocycles. The van der Waals surface area contributed by atoms with Gasteiger partial charge in [-0.15, -0.1) is 0 Å². The highest BCUT2D eigenvalue weighted by Gasteiger charge is 2.01. The van der Waals surface area contributed by atoms with Crippen LogP contribution >= 0.6 is 11.8 Å². The largest absolute Gasteiger partial charge is 0.380 e. The van der Waals surface area contributed by atoms with Crippen molar-refractivity contribution < 1.29 is 4.74 Å². The van der Waals surface area contributed by atoms with Crippen molar-refractivity contribution in [1.29, 1.82) is 0 Å². The van der Waals surface area contributed by atoms with Crippen LogP contribution in [-0.4, -0.2) is 24.7 Å². The average Bonchev–Trinajstić information content (AvgIpc) is 2.36. The Morgan fingerprint density at radius 2 is 1.88 bits per heavy atom. The zero-order valence-electron chi connectivity index (χ0n) is 11.0. The van der Waals surface area contributed by atoms with Crippen molar-refractivity contribution in [1.82, 2.24) is 5.32 Å². The van der Waals surface area contributed by atoms with Gasteiger partial charge in [-0.05, 0) is 23.8 Å². The van der Waals surface area contributed by atoms with Crippen LogP contribution in [0.3, 0.4) is 0 Å². The number of hydrogen-bond donors (Lipinski definition) is 1. The summed E-state index contributed by atoms with van der Waals surface area (Å²) >= 11 is 1.98. The third-order valence-corrected chi connectivity index (χ3v) is 3.70. The molecule has 1 N–H and O–H groups in total. The molecule has 3 heteroatoms. The van der Waals surface area contributed by atoms with E-state index in [0.29, 0.717) is 12.6 Å². The number of rotatable bonds is 8. The summed E-state index contributed by atoms with van der Waals surface area (Å²) in [5.74, 6) is 2.37. The summed E-state index contributed by atoms with van der Waals surface area (Å²) in [5, 5.41) is 3.53. The molecule has 1 aromatic carbocycles. The van der Waals surface area contributed by atoms with Gasteiger partial charge >= 0.3 is 0 Å². The van der Waals surface area contributed by atoms with E-state index in [1.54, 1.807) is 7.11 Å². The van der Waals surface area contributed by atoms with Crippen molar-refractivity contribution in [2.45, 2.75) is 33.0 Å². The summed E-state index contributed by atoms with van der Waals surface area (Å²) in [6.07, 6.45) is 0. The van der Waals surface area contributed by atoms with Gasteiger partial charge in [0, 0.05) is 25.4 Å². The lowest BCUT2D eigenvalue weighted by atomic mass is 10.1. The van der Waals surface area contributed by atoms with E-state index in [0.717, 1.165) is 6.54 Å². The van der Waals surface area contributed by atoms with Crippen LogP contribution < -0.4 is 5.32 Å². The Bertz CT molecular complexity index is 300. The van der Waals surface area contributed by atoms with Gasteiger partial charge in [0.1, 0.15) is 0 Å². The lowest BCUT2D eigenvalue weighted by molar-refractivity contribution is 0.185. The summed E-state index contributed by atoms with van der Waals surface area (Å²) in [5.41, 5.74) is 2.56. The molecule has 0 amide bonds. The van der Waals surface area contributed by atoms with E-state index in [2.05, 4.69) is 43.4 Å². The summed E-state index contributed by atoms with van der Waals surface area (Å²) in [6.45, 7) is 6.07. The van der Waals surface area contributed by atoms with Crippen LogP contribution in [0.25, 0.3) is 0 Å². The average molecular weight is 253 g/mol. The van der Waals surface area contributed by atoms with Gasteiger partial charge in [-0.2, -0.15) is 11.8 Å². The van der Waals surface area contributed by atoms with E-state index in [1.165, 1.54) is 22.6 Å². The maximum absolute atomic E-state index is 5.09. The standard InChI is InChI=1S/C14H23NOS/c1-4-17-11-12(2)15-9-13-5-7-14(8-6-13)10-16-3/h5-8,12,15H,4,9-11H2,1-3H3. The zero-order valence-corrected chi connectivity index (χ0v) is 11.8. The van der Waals surface area contributed by atoms with Crippen LogP contribution in [0, 0.1) is 0 Å². The first-order valence-corrected chi connectivity index (χ1v) is 7.29. The Kier molecular flexibility index (Phi) is 7.33. The topological polar surface area (TPSA) is 21.3 Å². The summed E-state index contributed by atoms with van der Waals surface area (Å²) < 4.78 is 5.09. The van der Waals surface area contributed by atoms with Gasteiger partial charge < -0.3 is 10.1 Å². The van der Waals surface area contributed by atoms with Crippen molar-refractivity contribution in [2.75, 3.05) is 18.6 Å². The van der Waals surface area contributed by atoms with Gasteiger partial charge in [0.05, 0.1) is 6.61 Å². The molecule has 1 unspecified atom stereocenters. The summed E-state index contributed by atoms with van der Waals surface area (Å²) in [6, 6.07) is 9.17. The van der Waals surface area contributed by atoms with Gasteiger partial charge in [0.25, 0.3) is 0 Å². The minimum atomic E-state index is 0.568. The second-order valence-corrected chi connectivity index (χ2v) is 5.51. The molecule has 1 aromatic rings. The molecule has 0 saturated carbocycles. The molecule has 17 heavy (non-hydrogen) atoms. The number of thioether (sulfide) groups is 1. The molecular weight excluding hydrogens is 230 g/mol.